The highest BCUT2D eigenvalue weighted by molar-refractivity contribution is 7.85. The molecule has 0 aromatic carbocycles. The monoisotopic (exact) mass is 178 g/mol. The van der Waals surface area contributed by atoms with Gasteiger partial charge >= 0.3 is 10.2 Å². The van der Waals surface area contributed by atoms with Crippen LogP contribution in [0.4, 0.5) is 3.89 Å². The van der Waals surface area contributed by atoms with Gasteiger partial charge in [-0.05, 0) is 0 Å². The van der Waals surface area contributed by atoms with Gasteiger partial charge < -0.3 is 4.57 Å². The Kier molecular flexibility index (Phi) is 1.95. The first kappa shape index (κ1) is 8.19. The van der Waals surface area contributed by atoms with Gasteiger partial charge in [0, 0.05) is 13.2 Å². The number of imidazole rings is 1. The van der Waals surface area contributed by atoms with Gasteiger partial charge in [0.2, 0.25) is 0 Å². The summed E-state index contributed by atoms with van der Waals surface area (Å²) in [4.78, 5) is 3.64. The maximum Gasteiger partial charge on any atom is 0.308 e. The van der Waals surface area contributed by atoms with Crippen molar-refractivity contribution < 1.29 is 12.3 Å². The van der Waals surface area contributed by atoms with Gasteiger partial charge in [0.1, 0.15) is 5.75 Å². The van der Waals surface area contributed by atoms with Crippen molar-refractivity contribution >= 4 is 10.2 Å². The molecule has 6 heteroatoms. The summed E-state index contributed by atoms with van der Waals surface area (Å²) in [6.07, 6.45) is 2.73. The van der Waals surface area contributed by atoms with Crippen LogP contribution in [0.1, 0.15) is 5.69 Å². The van der Waals surface area contributed by atoms with E-state index in [1.54, 1.807) is 7.05 Å². The van der Waals surface area contributed by atoms with Gasteiger partial charge in [0.25, 0.3) is 0 Å². The van der Waals surface area contributed by atoms with Gasteiger partial charge in [-0.15, -0.1) is 3.89 Å². The first-order valence-electron chi connectivity index (χ1n) is 2.86. The number of aromatic nitrogens is 2. The molecule has 0 saturated carbocycles. The van der Waals surface area contributed by atoms with Crippen LogP contribution in [-0.2, 0) is 23.0 Å². The van der Waals surface area contributed by atoms with Crippen molar-refractivity contribution in [3.05, 3.63) is 18.2 Å². The molecule has 62 valence electrons. The predicted octanol–water partition coefficient (Wildman–Crippen LogP) is 0.219. The third kappa shape index (κ3) is 2.30. The van der Waals surface area contributed by atoms with E-state index in [9.17, 15) is 12.3 Å². The molecule has 11 heavy (non-hydrogen) atoms. The third-order valence-corrected chi connectivity index (χ3v) is 1.88. The molecule has 0 atom stereocenters. The maximum absolute atomic E-state index is 12.1. The molecule has 0 amide bonds. The fourth-order valence-electron chi connectivity index (χ4n) is 0.700. The third-order valence-electron chi connectivity index (χ3n) is 1.24. The molecule has 0 aliphatic rings. The standard InChI is InChI=1S/C5H7FN2O2S/c1-8-4-7-2-5(8)3-11(6,9)10/h2,4H,3H2,1H3. The van der Waals surface area contributed by atoms with Crippen LogP contribution in [0.3, 0.4) is 0 Å². The van der Waals surface area contributed by atoms with Crippen LogP contribution in [0.5, 0.6) is 0 Å². The van der Waals surface area contributed by atoms with E-state index in [0.29, 0.717) is 5.69 Å². The highest BCUT2D eigenvalue weighted by Crippen LogP contribution is 2.04. The van der Waals surface area contributed by atoms with Gasteiger partial charge in [-0.1, -0.05) is 0 Å². The molecule has 0 fully saturated rings. The lowest BCUT2D eigenvalue weighted by Crippen LogP contribution is -2.01. The van der Waals surface area contributed by atoms with Crippen LogP contribution in [0.15, 0.2) is 12.5 Å². The van der Waals surface area contributed by atoms with Gasteiger partial charge in [-0.3, -0.25) is 0 Å². The molecule has 1 aromatic heterocycles. The summed E-state index contributed by atoms with van der Waals surface area (Å²) >= 11 is 0. The summed E-state index contributed by atoms with van der Waals surface area (Å²) in [5, 5.41) is 0. The molecule has 0 unspecified atom stereocenters. The molecule has 4 nitrogen and oxygen atoms in total. The van der Waals surface area contributed by atoms with E-state index in [1.807, 2.05) is 0 Å². The first-order valence-corrected chi connectivity index (χ1v) is 4.42. The van der Waals surface area contributed by atoms with Gasteiger partial charge in [0.05, 0.1) is 12.0 Å². The quantitative estimate of drug-likeness (QED) is 0.609. The van der Waals surface area contributed by atoms with Crippen LogP contribution in [-0.4, -0.2) is 18.0 Å². The number of rotatable bonds is 2. The molecule has 1 heterocycles. The second-order valence-corrected chi connectivity index (χ2v) is 3.55. The minimum atomic E-state index is -4.43. The zero-order chi connectivity index (χ0) is 8.48. The summed E-state index contributed by atoms with van der Waals surface area (Å²) < 4.78 is 33.8. The van der Waals surface area contributed by atoms with Crippen molar-refractivity contribution in [3.63, 3.8) is 0 Å². The Balaban J connectivity index is 2.89. The second-order valence-electron chi connectivity index (χ2n) is 2.18. The lowest BCUT2D eigenvalue weighted by molar-refractivity contribution is 0.549. The van der Waals surface area contributed by atoms with E-state index in [2.05, 4.69) is 4.98 Å². The molecular formula is C5H7FN2O2S. The van der Waals surface area contributed by atoms with Gasteiger partial charge in [-0.2, -0.15) is 8.42 Å². The Morgan fingerprint density at radius 2 is 2.36 bits per heavy atom. The van der Waals surface area contributed by atoms with Crippen LogP contribution in [0.25, 0.3) is 0 Å². The molecule has 0 aliphatic heterocycles. The summed E-state index contributed by atoms with van der Waals surface area (Å²) in [6.45, 7) is 0. The van der Waals surface area contributed by atoms with Crippen molar-refractivity contribution in [1.82, 2.24) is 9.55 Å². The maximum atomic E-state index is 12.1. The average Bonchev–Trinajstić information content (AvgIpc) is 2.12. The zero-order valence-electron chi connectivity index (χ0n) is 5.86. The van der Waals surface area contributed by atoms with E-state index < -0.39 is 16.0 Å². The Morgan fingerprint density at radius 3 is 2.73 bits per heavy atom. The fourth-order valence-corrected chi connectivity index (χ4v) is 1.33. The highest BCUT2D eigenvalue weighted by Gasteiger charge is 2.10. The smallest absolute Gasteiger partial charge is 0.308 e. The summed E-state index contributed by atoms with van der Waals surface area (Å²) in [5.74, 6) is -0.608. The van der Waals surface area contributed by atoms with Crippen molar-refractivity contribution in [2.24, 2.45) is 7.05 Å². The fraction of sp³-hybridized carbons (Fsp3) is 0.400. The summed E-state index contributed by atoms with van der Waals surface area (Å²) in [6, 6.07) is 0. The number of hydrogen-bond acceptors (Lipinski definition) is 3. The molecule has 0 saturated heterocycles. The average molecular weight is 178 g/mol. The zero-order valence-corrected chi connectivity index (χ0v) is 6.68. The summed E-state index contributed by atoms with van der Waals surface area (Å²) in [5.41, 5.74) is 0.340. The Bertz CT molecular complexity index is 343. The molecule has 0 bridgehead atoms. The summed E-state index contributed by atoms with van der Waals surface area (Å²) in [7, 11) is -2.83. The van der Waals surface area contributed by atoms with Crippen molar-refractivity contribution in [1.29, 1.82) is 0 Å². The van der Waals surface area contributed by atoms with Gasteiger partial charge in [0.15, 0.2) is 0 Å². The number of nitrogens with zero attached hydrogens (tertiary/aromatic N) is 2. The van der Waals surface area contributed by atoms with Gasteiger partial charge in [-0.25, -0.2) is 4.98 Å². The van der Waals surface area contributed by atoms with E-state index in [4.69, 9.17) is 0 Å². The lowest BCUT2D eigenvalue weighted by atomic mass is 10.5. The van der Waals surface area contributed by atoms with Crippen LogP contribution in [0, 0.1) is 0 Å². The first-order chi connectivity index (χ1) is 4.99. The number of aryl methyl sites for hydroxylation is 1. The largest absolute Gasteiger partial charge is 0.337 e. The van der Waals surface area contributed by atoms with E-state index in [0.717, 1.165) is 0 Å². The van der Waals surface area contributed by atoms with Crippen LogP contribution < -0.4 is 0 Å². The van der Waals surface area contributed by atoms with Crippen LogP contribution in [0.2, 0.25) is 0 Å². The molecule has 0 N–H and O–H groups in total. The predicted molar refractivity (Wildman–Crippen MR) is 36.9 cm³/mol. The number of halogens is 1. The van der Waals surface area contributed by atoms with Crippen molar-refractivity contribution in [2.75, 3.05) is 0 Å². The lowest BCUT2D eigenvalue weighted by Gasteiger charge is -1.95. The molecule has 0 aliphatic carbocycles. The normalized spacial score (nSPS) is 11.8. The molecule has 0 spiro atoms. The topological polar surface area (TPSA) is 52.0 Å². The Morgan fingerprint density at radius 1 is 1.73 bits per heavy atom. The molecule has 1 rings (SSSR count). The van der Waals surface area contributed by atoms with Crippen LogP contribution >= 0.6 is 0 Å². The Hall–Kier alpha value is -0.910. The van der Waals surface area contributed by atoms with Crippen molar-refractivity contribution in [2.45, 2.75) is 5.75 Å². The number of hydrogen-bond donors (Lipinski definition) is 0. The SMILES string of the molecule is Cn1cncc1CS(=O)(=O)F. The molecular weight excluding hydrogens is 171 g/mol. The molecule has 1 aromatic rings. The second kappa shape index (κ2) is 2.61. The van der Waals surface area contributed by atoms with E-state index in [1.165, 1.54) is 17.1 Å². The highest BCUT2D eigenvalue weighted by atomic mass is 32.3. The van der Waals surface area contributed by atoms with E-state index in [-0.39, 0.29) is 0 Å². The Labute approximate surface area is 63.9 Å². The molecule has 0 radical (unpaired) electrons. The minimum Gasteiger partial charge on any atom is -0.337 e. The van der Waals surface area contributed by atoms with E-state index >= 15 is 0 Å². The van der Waals surface area contributed by atoms with Crippen molar-refractivity contribution in [3.8, 4) is 0 Å². The minimum absolute atomic E-state index is 0.340.